The van der Waals surface area contributed by atoms with Crippen LogP contribution < -0.4 is 5.32 Å². The summed E-state index contributed by atoms with van der Waals surface area (Å²) in [5, 5.41) is 2.55. The summed E-state index contributed by atoms with van der Waals surface area (Å²) in [6, 6.07) is 9.89. The van der Waals surface area contributed by atoms with E-state index in [0.717, 1.165) is 12.0 Å². The third-order valence-corrected chi connectivity index (χ3v) is 2.82. The van der Waals surface area contributed by atoms with E-state index < -0.39 is 0 Å². The Kier molecular flexibility index (Phi) is 6.74. The van der Waals surface area contributed by atoms with Crippen LogP contribution in [0.25, 0.3) is 0 Å². The zero-order valence-corrected chi connectivity index (χ0v) is 11.0. The molecule has 0 aromatic heterocycles. The van der Waals surface area contributed by atoms with Crippen LogP contribution in [-0.4, -0.2) is 31.4 Å². The molecular formula is C13H19NO2S. The molecule has 0 fully saturated rings. The van der Waals surface area contributed by atoms with Crippen LogP contribution in [0.2, 0.25) is 0 Å². The topological polar surface area (TPSA) is 38.3 Å². The van der Waals surface area contributed by atoms with Crippen molar-refractivity contribution in [1.29, 1.82) is 0 Å². The molecule has 1 atom stereocenters. The molecule has 4 heteroatoms. The highest BCUT2D eigenvalue weighted by Gasteiger charge is 2.13. The zero-order valence-electron chi connectivity index (χ0n) is 10.1. The lowest BCUT2D eigenvalue weighted by atomic mass is 10.1. The van der Waals surface area contributed by atoms with Gasteiger partial charge >= 0.3 is 0 Å². The highest BCUT2D eigenvalue weighted by Crippen LogP contribution is 2.07. The number of hydrogen-bond donors (Lipinski definition) is 2. The van der Waals surface area contributed by atoms with Gasteiger partial charge in [-0.3, -0.25) is 4.79 Å². The smallest absolute Gasteiger partial charge is 0.233 e. The summed E-state index contributed by atoms with van der Waals surface area (Å²) in [6.45, 7) is 1.30. The Labute approximate surface area is 108 Å². The van der Waals surface area contributed by atoms with Gasteiger partial charge in [-0.2, -0.15) is 12.6 Å². The minimum Gasteiger partial charge on any atom is -0.385 e. The quantitative estimate of drug-likeness (QED) is 0.573. The summed E-state index contributed by atoms with van der Waals surface area (Å²) in [4.78, 5) is 11.7. The second-order valence-corrected chi connectivity index (χ2v) is 4.47. The summed E-state index contributed by atoms with van der Waals surface area (Å²) in [6.07, 6.45) is 1.48. The summed E-state index contributed by atoms with van der Waals surface area (Å²) in [5.41, 5.74) is 1.12. The van der Waals surface area contributed by atoms with E-state index in [9.17, 15) is 4.79 Å². The molecule has 3 nitrogen and oxygen atoms in total. The Morgan fingerprint density at radius 1 is 1.41 bits per heavy atom. The first-order chi connectivity index (χ1) is 8.24. The van der Waals surface area contributed by atoms with Gasteiger partial charge in [0.05, 0.1) is 5.25 Å². The number of nitrogens with one attached hydrogen (secondary N) is 1. The van der Waals surface area contributed by atoms with Crippen LogP contribution in [0.1, 0.15) is 12.0 Å². The van der Waals surface area contributed by atoms with Crippen molar-refractivity contribution in [2.45, 2.75) is 18.1 Å². The molecule has 1 unspecified atom stereocenters. The molecular weight excluding hydrogens is 234 g/mol. The fraction of sp³-hybridized carbons (Fsp3) is 0.462. The lowest BCUT2D eigenvalue weighted by Gasteiger charge is -2.11. The monoisotopic (exact) mass is 253 g/mol. The van der Waals surface area contributed by atoms with Gasteiger partial charge in [0, 0.05) is 20.3 Å². The van der Waals surface area contributed by atoms with Crippen molar-refractivity contribution in [3.63, 3.8) is 0 Å². The van der Waals surface area contributed by atoms with E-state index in [4.69, 9.17) is 4.74 Å². The van der Waals surface area contributed by atoms with Gasteiger partial charge < -0.3 is 10.1 Å². The average Bonchev–Trinajstić information content (AvgIpc) is 2.35. The van der Waals surface area contributed by atoms with Gasteiger partial charge in [-0.1, -0.05) is 30.3 Å². The fourth-order valence-electron chi connectivity index (χ4n) is 1.48. The van der Waals surface area contributed by atoms with Crippen LogP contribution in [0.3, 0.4) is 0 Å². The maximum Gasteiger partial charge on any atom is 0.233 e. The SMILES string of the molecule is COCCCNC(=O)C(S)Cc1ccccc1. The standard InChI is InChI=1S/C13H19NO2S/c1-16-9-5-8-14-13(15)12(17)10-11-6-3-2-4-7-11/h2-4,6-7,12,17H,5,8-10H2,1H3,(H,14,15). The molecule has 1 aromatic rings. The minimum absolute atomic E-state index is 0.0201. The largest absolute Gasteiger partial charge is 0.385 e. The molecule has 1 amide bonds. The van der Waals surface area contributed by atoms with E-state index in [1.165, 1.54) is 0 Å². The van der Waals surface area contributed by atoms with E-state index in [2.05, 4.69) is 17.9 Å². The Bertz CT molecular complexity index is 329. The molecule has 0 saturated heterocycles. The number of rotatable bonds is 7. The van der Waals surface area contributed by atoms with Gasteiger partial charge in [0.2, 0.25) is 5.91 Å². The number of thiol groups is 1. The minimum atomic E-state index is -0.292. The molecule has 0 radical (unpaired) electrons. The Hall–Kier alpha value is -1.00. The third-order valence-electron chi connectivity index (χ3n) is 2.40. The lowest BCUT2D eigenvalue weighted by Crippen LogP contribution is -2.33. The first-order valence-electron chi connectivity index (χ1n) is 5.72. The summed E-state index contributed by atoms with van der Waals surface area (Å²) >= 11 is 4.32. The molecule has 0 aliphatic rings. The van der Waals surface area contributed by atoms with Crippen molar-refractivity contribution in [2.24, 2.45) is 0 Å². The average molecular weight is 253 g/mol. The van der Waals surface area contributed by atoms with Crippen LogP contribution in [0.15, 0.2) is 30.3 Å². The molecule has 0 aliphatic carbocycles. The number of benzene rings is 1. The van der Waals surface area contributed by atoms with Crippen LogP contribution in [0.4, 0.5) is 0 Å². The fourth-order valence-corrected chi connectivity index (χ4v) is 1.78. The molecule has 0 bridgehead atoms. The van der Waals surface area contributed by atoms with Gasteiger partial charge in [-0.25, -0.2) is 0 Å². The number of methoxy groups -OCH3 is 1. The van der Waals surface area contributed by atoms with E-state index in [0.29, 0.717) is 19.6 Å². The first kappa shape index (κ1) is 14.1. The predicted molar refractivity (Wildman–Crippen MR) is 72.4 cm³/mol. The van der Waals surface area contributed by atoms with Crippen LogP contribution in [0, 0.1) is 0 Å². The normalized spacial score (nSPS) is 12.1. The molecule has 94 valence electrons. The summed E-state index contributed by atoms with van der Waals surface area (Å²) in [5.74, 6) is -0.0201. The van der Waals surface area contributed by atoms with Gasteiger partial charge in [0.15, 0.2) is 0 Å². The van der Waals surface area contributed by atoms with Crippen molar-refractivity contribution >= 4 is 18.5 Å². The van der Waals surface area contributed by atoms with Crippen LogP contribution >= 0.6 is 12.6 Å². The lowest BCUT2D eigenvalue weighted by molar-refractivity contribution is -0.120. The number of hydrogen-bond acceptors (Lipinski definition) is 3. The van der Waals surface area contributed by atoms with Crippen LogP contribution in [-0.2, 0) is 16.0 Å². The Morgan fingerprint density at radius 3 is 2.76 bits per heavy atom. The van der Waals surface area contributed by atoms with E-state index in [1.54, 1.807) is 7.11 Å². The Balaban J connectivity index is 2.27. The molecule has 1 N–H and O–H groups in total. The van der Waals surface area contributed by atoms with Crippen molar-refractivity contribution in [3.05, 3.63) is 35.9 Å². The zero-order chi connectivity index (χ0) is 12.5. The number of carbonyl (C=O) groups is 1. The molecule has 0 aliphatic heterocycles. The molecule has 17 heavy (non-hydrogen) atoms. The molecule has 0 saturated carbocycles. The molecule has 1 rings (SSSR count). The first-order valence-corrected chi connectivity index (χ1v) is 6.24. The molecule has 1 aromatic carbocycles. The van der Waals surface area contributed by atoms with Crippen molar-refractivity contribution < 1.29 is 9.53 Å². The second-order valence-electron chi connectivity index (χ2n) is 3.84. The third kappa shape index (κ3) is 5.75. The van der Waals surface area contributed by atoms with Crippen molar-refractivity contribution in [1.82, 2.24) is 5.32 Å². The predicted octanol–water partition coefficient (Wildman–Crippen LogP) is 1.68. The number of ether oxygens (including phenoxy) is 1. The summed E-state index contributed by atoms with van der Waals surface area (Å²) in [7, 11) is 1.65. The molecule has 0 spiro atoms. The molecule has 0 heterocycles. The number of carbonyl (C=O) groups excluding carboxylic acids is 1. The van der Waals surface area contributed by atoms with Crippen molar-refractivity contribution in [2.75, 3.05) is 20.3 Å². The second kappa shape index (κ2) is 8.14. The van der Waals surface area contributed by atoms with Gasteiger partial charge in [-0.15, -0.1) is 0 Å². The highest BCUT2D eigenvalue weighted by molar-refractivity contribution is 7.81. The summed E-state index contributed by atoms with van der Waals surface area (Å²) < 4.78 is 4.91. The van der Waals surface area contributed by atoms with Gasteiger partial charge in [0.1, 0.15) is 0 Å². The van der Waals surface area contributed by atoms with Crippen LogP contribution in [0.5, 0.6) is 0 Å². The highest BCUT2D eigenvalue weighted by atomic mass is 32.1. The Morgan fingerprint density at radius 2 is 2.12 bits per heavy atom. The van der Waals surface area contributed by atoms with Gasteiger partial charge in [0.25, 0.3) is 0 Å². The van der Waals surface area contributed by atoms with Crippen molar-refractivity contribution in [3.8, 4) is 0 Å². The van der Waals surface area contributed by atoms with Gasteiger partial charge in [-0.05, 0) is 18.4 Å². The number of amides is 1. The van der Waals surface area contributed by atoms with E-state index >= 15 is 0 Å². The maximum absolute atomic E-state index is 11.7. The van der Waals surface area contributed by atoms with E-state index in [1.807, 2.05) is 30.3 Å². The van der Waals surface area contributed by atoms with E-state index in [-0.39, 0.29) is 11.2 Å². The maximum atomic E-state index is 11.7.